The summed E-state index contributed by atoms with van der Waals surface area (Å²) in [4.78, 5) is 46.9. The molecule has 1 N–H and O–H groups in total. The fourth-order valence-corrected chi connectivity index (χ4v) is 5.07. The molecule has 6 rings (SSSR count). The van der Waals surface area contributed by atoms with Gasteiger partial charge in [0.2, 0.25) is 5.91 Å². The zero-order valence-corrected chi connectivity index (χ0v) is 18.1. The van der Waals surface area contributed by atoms with Gasteiger partial charge < -0.3 is 9.80 Å². The van der Waals surface area contributed by atoms with E-state index in [4.69, 9.17) is 4.98 Å². The number of H-pyrrole nitrogens is 1. The van der Waals surface area contributed by atoms with Crippen LogP contribution in [0, 0.1) is 11.7 Å². The second kappa shape index (κ2) is 7.54. The minimum absolute atomic E-state index is 0.0479. The molecular formula is C24H24FN5O3. The Kier molecular flexibility index (Phi) is 4.60. The molecule has 33 heavy (non-hydrogen) atoms. The van der Waals surface area contributed by atoms with Gasteiger partial charge in [-0.05, 0) is 37.8 Å². The number of halogens is 1. The zero-order chi connectivity index (χ0) is 22.7. The van der Waals surface area contributed by atoms with Crippen LogP contribution in [0.4, 0.5) is 4.39 Å². The molecule has 0 bridgehead atoms. The SMILES string of the molecule is O=C(C1CC1)N1CCc2nc3cc([C@@H]4CCCN4C(=O)c4ccccc4F)[nH]n3c(=O)c2C1. The Hall–Kier alpha value is -3.49. The first-order valence-electron chi connectivity index (χ1n) is 11.5. The highest BCUT2D eigenvalue weighted by molar-refractivity contribution is 5.95. The number of nitrogens with one attached hydrogen (secondary N) is 1. The second-order valence-electron chi connectivity index (χ2n) is 9.17. The average Bonchev–Trinajstić information content (AvgIpc) is 3.40. The topological polar surface area (TPSA) is 90.8 Å². The molecule has 0 unspecified atom stereocenters. The normalized spacial score (nSPS) is 20.3. The number of carbonyl (C=O) groups excluding carboxylic acids is 2. The first-order chi connectivity index (χ1) is 16.0. The Morgan fingerprint density at radius 1 is 1.12 bits per heavy atom. The molecular weight excluding hydrogens is 425 g/mol. The molecule has 1 atom stereocenters. The Bertz CT molecular complexity index is 1340. The number of fused-ring (bicyclic) bond motifs is 2. The second-order valence-corrected chi connectivity index (χ2v) is 9.17. The van der Waals surface area contributed by atoms with Crippen LogP contribution < -0.4 is 5.56 Å². The molecule has 1 saturated carbocycles. The molecule has 2 fully saturated rings. The van der Waals surface area contributed by atoms with Crippen LogP contribution in [0.15, 0.2) is 35.1 Å². The Morgan fingerprint density at radius 2 is 1.94 bits per heavy atom. The molecule has 1 aromatic carbocycles. The van der Waals surface area contributed by atoms with E-state index in [1.54, 1.807) is 28.0 Å². The van der Waals surface area contributed by atoms with Crippen molar-refractivity contribution in [1.82, 2.24) is 24.4 Å². The van der Waals surface area contributed by atoms with Crippen molar-refractivity contribution in [2.24, 2.45) is 5.92 Å². The summed E-state index contributed by atoms with van der Waals surface area (Å²) in [6.45, 7) is 1.38. The van der Waals surface area contributed by atoms with E-state index in [-0.39, 0.29) is 41.4 Å². The van der Waals surface area contributed by atoms with Gasteiger partial charge in [0, 0.05) is 31.5 Å². The lowest BCUT2D eigenvalue weighted by atomic mass is 10.1. The maximum atomic E-state index is 14.2. The van der Waals surface area contributed by atoms with E-state index in [0.29, 0.717) is 42.8 Å². The molecule has 2 amide bonds. The Balaban J connectivity index is 1.33. The number of carbonyl (C=O) groups is 2. The largest absolute Gasteiger partial charge is 0.337 e. The fraction of sp³-hybridized carbons (Fsp3) is 0.417. The summed E-state index contributed by atoms with van der Waals surface area (Å²) in [5, 5.41) is 3.14. The summed E-state index contributed by atoms with van der Waals surface area (Å²) in [6, 6.07) is 7.50. The molecule has 2 aliphatic heterocycles. The number of hydrogen-bond acceptors (Lipinski definition) is 4. The van der Waals surface area contributed by atoms with Gasteiger partial charge >= 0.3 is 0 Å². The van der Waals surface area contributed by atoms with Crippen molar-refractivity contribution in [2.45, 2.75) is 44.7 Å². The van der Waals surface area contributed by atoms with Gasteiger partial charge in [-0.15, -0.1) is 0 Å². The van der Waals surface area contributed by atoms with Crippen LogP contribution in [0.25, 0.3) is 5.65 Å². The predicted molar refractivity (Wildman–Crippen MR) is 117 cm³/mol. The number of amides is 2. The summed E-state index contributed by atoms with van der Waals surface area (Å²) in [7, 11) is 0. The third-order valence-corrected chi connectivity index (χ3v) is 7.00. The smallest absolute Gasteiger partial charge is 0.277 e. The zero-order valence-electron chi connectivity index (χ0n) is 18.1. The summed E-state index contributed by atoms with van der Waals surface area (Å²) in [5.41, 5.74) is 2.32. The minimum atomic E-state index is -0.541. The maximum Gasteiger partial charge on any atom is 0.277 e. The molecule has 170 valence electrons. The van der Waals surface area contributed by atoms with E-state index in [2.05, 4.69) is 5.10 Å². The van der Waals surface area contributed by atoms with Gasteiger partial charge in [0.05, 0.1) is 35.1 Å². The molecule has 3 aliphatic rings. The van der Waals surface area contributed by atoms with Crippen molar-refractivity contribution in [3.8, 4) is 0 Å². The first kappa shape index (κ1) is 20.1. The van der Waals surface area contributed by atoms with Crippen molar-refractivity contribution in [2.75, 3.05) is 13.1 Å². The molecule has 1 saturated heterocycles. The summed E-state index contributed by atoms with van der Waals surface area (Å²) in [6.07, 6.45) is 3.92. The number of rotatable bonds is 3. The van der Waals surface area contributed by atoms with Gasteiger partial charge in [0.1, 0.15) is 5.82 Å². The van der Waals surface area contributed by atoms with E-state index in [1.807, 2.05) is 0 Å². The number of aromatic nitrogens is 3. The van der Waals surface area contributed by atoms with Gasteiger partial charge in [-0.2, -0.15) is 0 Å². The molecule has 2 aromatic heterocycles. The highest BCUT2D eigenvalue weighted by atomic mass is 19.1. The van der Waals surface area contributed by atoms with E-state index in [9.17, 15) is 18.8 Å². The number of hydrogen-bond donors (Lipinski definition) is 1. The van der Waals surface area contributed by atoms with Crippen LogP contribution in [-0.2, 0) is 17.8 Å². The van der Waals surface area contributed by atoms with Crippen LogP contribution in [0.1, 0.15) is 59.0 Å². The van der Waals surface area contributed by atoms with Gasteiger partial charge in [-0.1, -0.05) is 12.1 Å². The monoisotopic (exact) mass is 449 g/mol. The van der Waals surface area contributed by atoms with E-state index in [0.717, 1.165) is 25.0 Å². The highest BCUT2D eigenvalue weighted by Crippen LogP contribution is 2.34. The van der Waals surface area contributed by atoms with Crippen molar-refractivity contribution in [3.63, 3.8) is 0 Å². The Morgan fingerprint density at radius 3 is 2.73 bits per heavy atom. The van der Waals surface area contributed by atoms with Crippen LogP contribution >= 0.6 is 0 Å². The van der Waals surface area contributed by atoms with Crippen LogP contribution in [0.2, 0.25) is 0 Å². The molecule has 9 heteroatoms. The van der Waals surface area contributed by atoms with Crippen molar-refractivity contribution < 1.29 is 14.0 Å². The van der Waals surface area contributed by atoms with E-state index in [1.165, 1.54) is 16.6 Å². The van der Waals surface area contributed by atoms with Crippen molar-refractivity contribution in [3.05, 3.63) is 69.0 Å². The minimum Gasteiger partial charge on any atom is -0.337 e. The fourth-order valence-electron chi connectivity index (χ4n) is 5.07. The third kappa shape index (κ3) is 3.34. The summed E-state index contributed by atoms with van der Waals surface area (Å²) in [5.74, 6) is -0.655. The van der Waals surface area contributed by atoms with Gasteiger partial charge in [-0.3, -0.25) is 19.5 Å². The number of benzene rings is 1. The summed E-state index contributed by atoms with van der Waals surface area (Å²) >= 11 is 0. The van der Waals surface area contributed by atoms with E-state index >= 15 is 0 Å². The standard InChI is InChI=1S/C24H24FN5O3/c25-17-5-2-1-4-15(17)23(32)29-10-3-6-20(29)19-12-21-26-18-9-11-28(22(31)14-7-8-14)13-16(18)24(33)30(21)27-19/h1-2,4-5,12,14,20,27H,3,6-11,13H2/t20-/m0/s1. The number of likely N-dealkylation sites (tertiary alicyclic amines) is 1. The van der Waals surface area contributed by atoms with Crippen molar-refractivity contribution in [1.29, 1.82) is 0 Å². The molecule has 0 spiro atoms. The van der Waals surface area contributed by atoms with Gasteiger partial charge in [-0.25, -0.2) is 13.9 Å². The maximum absolute atomic E-state index is 14.2. The number of aromatic amines is 1. The lowest BCUT2D eigenvalue weighted by Gasteiger charge is -2.27. The van der Waals surface area contributed by atoms with Crippen LogP contribution in [0.3, 0.4) is 0 Å². The van der Waals surface area contributed by atoms with Gasteiger partial charge in [0.15, 0.2) is 5.65 Å². The highest BCUT2D eigenvalue weighted by Gasteiger charge is 2.36. The van der Waals surface area contributed by atoms with E-state index < -0.39 is 5.82 Å². The molecule has 3 aromatic rings. The average molecular weight is 449 g/mol. The molecule has 1 aliphatic carbocycles. The lowest BCUT2D eigenvalue weighted by Crippen LogP contribution is -2.40. The lowest BCUT2D eigenvalue weighted by molar-refractivity contribution is -0.133. The molecule has 8 nitrogen and oxygen atoms in total. The molecule has 0 radical (unpaired) electrons. The predicted octanol–water partition coefficient (Wildman–Crippen LogP) is 2.43. The summed E-state index contributed by atoms with van der Waals surface area (Å²) < 4.78 is 15.6. The quantitative estimate of drug-likeness (QED) is 0.665. The Labute approximate surface area is 189 Å². The first-order valence-corrected chi connectivity index (χ1v) is 11.5. The van der Waals surface area contributed by atoms with Crippen LogP contribution in [0.5, 0.6) is 0 Å². The number of nitrogens with zero attached hydrogens (tertiary/aromatic N) is 4. The van der Waals surface area contributed by atoms with Gasteiger partial charge in [0.25, 0.3) is 11.5 Å². The molecule has 4 heterocycles. The van der Waals surface area contributed by atoms with Crippen molar-refractivity contribution >= 4 is 17.5 Å². The third-order valence-electron chi connectivity index (χ3n) is 7.00. The van der Waals surface area contributed by atoms with Crippen LogP contribution in [-0.4, -0.2) is 49.3 Å².